The number of carbonyl (C=O) groups is 1. The molecule has 0 radical (unpaired) electrons. The summed E-state index contributed by atoms with van der Waals surface area (Å²) < 4.78 is 13.0. The summed E-state index contributed by atoms with van der Waals surface area (Å²) in [7, 11) is 0. The molecule has 0 aliphatic carbocycles. The van der Waals surface area contributed by atoms with Crippen molar-refractivity contribution < 1.29 is 14.3 Å². The Balaban J connectivity index is 1.40. The average Bonchev–Trinajstić information content (AvgIpc) is 3.21. The zero-order valence-corrected chi connectivity index (χ0v) is 17.1. The van der Waals surface area contributed by atoms with E-state index in [1.807, 2.05) is 47.0 Å². The third-order valence-electron chi connectivity index (χ3n) is 4.51. The molecule has 4 rings (SSSR count). The second-order valence-corrected chi connectivity index (χ2v) is 7.87. The molecule has 1 aliphatic rings. The highest BCUT2D eigenvalue weighted by Gasteiger charge is 2.15. The van der Waals surface area contributed by atoms with Crippen molar-refractivity contribution in [3.63, 3.8) is 0 Å². The van der Waals surface area contributed by atoms with Crippen molar-refractivity contribution in [1.29, 1.82) is 0 Å². The molecule has 2 heterocycles. The number of aromatic nitrogens is 3. The number of anilines is 1. The Morgan fingerprint density at radius 3 is 2.66 bits per heavy atom. The Morgan fingerprint density at radius 1 is 1.14 bits per heavy atom. The van der Waals surface area contributed by atoms with E-state index in [0.29, 0.717) is 30.0 Å². The maximum atomic E-state index is 12.3. The van der Waals surface area contributed by atoms with Crippen LogP contribution in [0.1, 0.15) is 25.3 Å². The Morgan fingerprint density at radius 2 is 1.90 bits per heavy atom. The molecule has 3 aromatic rings. The molecule has 8 heteroatoms. The first-order valence-corrected chi connectivity index (χ1v) is 10.4. The van der Waals surface area contributed by atoms with Gasteiger partial charge in [-0.2, -0.15) is 0 Å². The normalized spacial score (nSPS) is 12.8. The SMILES string of the molecule is CC(C)c1ccc(NC(=O)CSc2nncn2-c2ccc3c(c2)OCCO3)cc1. The fraction of sp³-hybridized carbons (Fsp3) is 0.286. The second-order valence-electron chi connectivity index (χ2n) is 6.93. The first-order valence-electron chi connectivity index (χ1n) is 9.43. The lowest BCUT2D eigenvalue weighted by Gasteiger charge is -2.19. The predicted molar refractivity (Wildman–Crippen MR) is 112 cm³/mol. The van der Waals surface area contributed by atoms with Crippen LogP contribution in [0.4, 0.5) is 5.69 Å². The minimum atomic E-state index is -0.0935. The number of carbonyl (C=O) groups excluding carboxylic acids is 1. The zero-order chi connectivity index (χ0) is 20.2. The number of nitrogens with one attached hydrogen (secondary N) is 1. The highest BCUT2D eigenvalue weighted by Crippen LogP contribution is 2.33. The molecule has 7 nitrogen and oxygen atoms in total. The molecule has 0 saturated carbocycles. The molecule has 0 bridgehead atoms. The van der Waals surface area contributed by atoms with Gasteiger partial charge < -0.3 is 14.8 Å². The molecule has 1 amide bonds. The number of thioether (sulfide) groups is 1. The number of nitrogens with zero attached hydrogens (tertiary/aromatic N) is 3. The van der Waals surface area contributed by atoms with Crippen LogP contribution in [-0.2, 0) is 4.79 Å². The Bertz CT molecular complexity index is 1000. The van der Waals surface area contributed by atoms with Gasteiger partial charge in [-0.15, -0.1) is 10.2 Å². The summed E-state index contributed by atoms with van der Waals surface area (Å²) in [6, 6.07) is 13.6. The van der Waals surface area contributed by atoms with Crippen LogP contribution in [0.15, 0.2) is 53.9 Å². The smallest absolute Gasteiger partial charge is 0.234 e. The molecular weight excluding hydrogens is 388 g/mol. The number of rotatable bonds is 6. The zero-order valence-electron chi connectivity index (χ0n) is 16.3. The topological polar surface area (TPSA) is 78.3 Å². The van der Waals surface area contributed by atoms with Crippen molar-refractivity contribution in [3.8, 4) is 17.2 Å². The standard InChI is InChI=1S/C21H22N4O3S/c1-14(2)15-3-5-16(6-4-15)23-20(26)12-29-21-24-22-13-25(21)17-7-8-18-19(11-17)28-10-9-27-18/h3-8,11,13-14H,9-10,12H2,1-2H3,(H,23,26). The molecule has 0 spiro atoms. The molecule has 0 saturated heterocycles. The van der Waals surface area contributed by atoms with Crippen LogP contribution in [0.5, 0.6) is 11.5 Å². The van der Waals surface area contributed by atoms with Crippen LogP contribution in [-0.4, -0.2) is 39.6 Å². The lowest BCUT2D eigenvalue weighted by Crippen LogP contribution is -2.15. The quantitative estimate of drug-likeness (QED) is 0.621. The minimum absolute atomic E-state index is 0.0935. The van der Waals surface area contributed by atoms with Crippen LogP contribution >= 0.6 is 11.8 Å². The van der Waals surface area contributed by atoms with E-state index in [-0.39, 0.29) is 11.7 Å². The number of fused-ring (bicyclic) bond motifs is 1. The number of benzene rings is 2. The summed E-state index contributed by atoms with van der Waals surface area (Å²) >= 11 is 1.33. The van der Waals surface area contributed by atoms with Crippen molar-refractivity contribution in [2.75, 3.05) is 24.3 Å². The summed E-state index contributed by atoms with van der Waals surface area (Å²) in [5, 5.41) is 11.7. The van der Waals surface area contributed by atoms with Crippen LogP contribution in [0.3, 0.4) is 0 Å². The van der Waals surface area contributed by atoms with Crippen LogP contribution < -0.4 is 14.8 Å². The molecule has 0 atom stereocenters. The van der Waals surface area contributed by atoms with Crippen molar-refractivity contribution in [2.24, 2.45) is 0 Å². The van der Waals surface area contributed by atoms with E-state index in [1.165, 1.54) is 17.3 Å². The van der Waals surface area contributed by atoms with E-state index in [9.17, 15) is 4.79 Å². The van der Waals surface area contributed by atoms with Crippen LogP contribution in [0.25, 0.3) is 5.69 Å². The molecule has 29 heavy (non-hydrogen) atoms. The van der Waals surface area contributed by atoms with Gasteiger partial charge in [-0.1, -0.05) is 37.7 Å². The Kier molecular flexibility index (Phi) is 5.71. The fourth-order valence-electron chi connectivity index (χ4n) is 2.96. The van der Waals surface area contributed by atoms with Gasteiger partial charge in [0.25, 0.3) is 0 Å². The largest absolute Gasteiger partial charge is 0.486 e. The molecule has 0 unspecified atom stereocenters. The summed E-state index contributed by atoms with van der Waals surface area (Å²) in [5.41, 5.74) is 2.88. The Hall–Kier alpha value is -3.00. The fourth-order valence-corrected chi connectivity index (χ4v) is 3.69. The number of ether oxygens (including phenoxy) is 2. The minimum Gasteiger partial charge on any atom is -0.486 e. The van der Waals surface area contributed by atoms with Crippen LogP contribution in [0, 0.1) is 0 Å². The van der Waals surface area contributed by atoms with Gasteiger partial charge in [0.15, 0.2) is 16.7 Å². The van der Waals surface area contributed by atoms with Crippen molar-refractivity contribution >= 4 is 23.4 Å². The van der Waals surface area contributed by atoms with Gasteiger partial charge in [-0.05, 0) is 35.7 Å². The van der Waals surface area contributed by atoms with Gasteiger partial charge in [-0.3, -0.25) is 9.36 Å². The third kappa shape index (κ3) is 4.54. The third-order valence-corrected chi connectivity index (χ3v) is 5.46. The molecular formula is C21H22N4O3S. The van der Waals surface area contributed by atoms with Gasteiger partial charge >= 0.3 is 0 Å². The van der Waals surface area contributed by atoms with Crippen LogP contribution in [0.2, 0.25) is 0 Å². The lowest BCUT2D eigenvalue weighted by atomic mass is 10.0. The summed E-state index contributed by atoms with van der Waals surface area (Å²) in [6.45, 7) is 5.36. The molecule has 150 valence electrons. The van der Waals surface area contributed by atoms with E-state index >= 15 is 0 Å². The van der Waals surface area contributed by atoms with E-state index in [2.05, 4.69) is 29.4 Å². The van der Waals surface area contributed by atoms with E-state index in [1.54, 1.807) is 6.33 Å². The maximum Gasteiger partial charge on any atom is 0.234 e. The van der Waals surface area contributed by atoms with Gasteiger partial charge in [0.05, 0.1) is 11.4 Å². The summed E-state index contributed by atoms with van der Waals surface area (Å²) in [6.07, 6.45) is 1.62. The molecule has 0 fully saturated rings. The number of hydrogen-bond donors (Lipinski definition) is 1. The van der Waals surface area contributed by atoms with Gasteiger partial charge in [0, 0.05) is 11.8 Å². The molecule has 1 N–H and O–H groups in total. The van der Waals surface area contributed by atoms with E-state index < -0.39 is 0 Å². The maximum absolute atomic E-state index is 12.3. The number of amides is 1. The first kappa shape index (κ1) is 19.3. The van der Waals surface area contributed by atoms with Gasteiger partial charge in [0.2, 0.25) is 5.91 Å². The second kappa shape index (κ2) is 8.57. The van der Waals surface area contributed by atoms with Crippen molar-refractivity contribution in [1.82, 2.24) is 14.8 Å². The molecule has 1 aliphatic heterocycles. The first-order chi connectivity index (χ1) is 14.1. The van der Waals surface area contributed by atoms with Crippen molar-refractivity contribution in [3.05, 3.63) is 54.4 Å². The summed E-state index contributed by atoms with van der Waals surface area (Å²) in [4.78, 5) is 12.3. The van der Waals surface area contributed by atoms with E-state index in [4.69, 9.17) is 9.47 Å². The summed E-state index contributed by atoms with van der Waals surface area (Å²) in [5.74, 6) is 2.02. The predicted octanol–water partition coefficient (Wildman–Crippen LogP) is 3.89. The van der Waals surface area contributed by atoms with Gasteiger partial charge in [0.1, 0.15) is 19.5 Å². The molecule has 1 aromatic heterocycles. The highest BCUT2D eigenvalue weighted by molar-refractivity contribution is 7.99. The Labute approximate surface area is 173 Å². The average molecular weight is 410 g/mol. The molecule has 2 aromatic carbocycles. The highest BCUT2D eigenvalue weighted by atomic mass is 32.2. The number of hydrogen-bond acceptors (Lipinski definition) is 6. The lowest BCUT2D eigenvalue weighted by molar-refractivity contribution is -0.113. The van der Waals surface area contributed by atoms with Gasteiger partial charge in [-0.25, -0.2) is 0 Å². The monoisotopic (exact) mass is 410 g/mol. The van der Waals surface area contributed by atoms with Crippen molar-refractivity contribution in [2.45, 2.75) is 24.9 Å². The van der Waals surface area contributed by atoms with E-state index in [0.717, 1.165) is 17.1 Å².